The van der Waals surface area contributed by atoms with Gasteiger partial charge < -0.3 is 20.3 Å². The first-order valence-electron chi connectivity index (χ1n) is 7.83. The van der Waals surface area contributed by atoms with Crippen LogP contribution in [0.2, 0.25) is 0 Å². The SMILES string of the molecule is CN=C(NCCc1ncc(C)s1)NC1CCN(C(=O)OC)CC1.I. The molecule has 0 atom stereocenters. The molecule has 9 heteroatoms. The molecule has 2 rings (SSSR count). The number of likely N-dealkylation sites (tertiary alicyclic amines) is 1. The highest BCUT2D eigenvalue weighted by molar-refractivity contribution is 14.0. The fourth-order valence-electron chi connectivity index (χ4n) is 2.53. The number of carbonyl (C=O) groups excluding carboxylic acids is 1. The number of piperidine rings is 1. The molecule has 1 aliphatic heterocycles. The van der Waals surface area contributed by atoms with Crippen LogP contribution in [0.3, 0.4) is 0 Å². The smallest absolute Gasteiger partial charge is 0.409 e. The molecule has 0 aromatic carbocycles. The average Bonchev–Trinajstić information content (AvgIpc) is 2.99. The summed E-state index contributed by atoms with van der Waals surface area (Å²) in [7, 11) is 3.19. The molecular formula is C15H26IN5O2S. The molecule has 2 N–H and O–H groups in total. The zero-order chi connectivity index (χ0) is 16.7. The van der Waals surface area contributed by atoms with Crippen molar-refractivity contribution in [3.05, 3.63) is 16.1 Å². The molecule has 1 aromatic heterocycles. The maximum atomic E-state index is 11.5. The Hall–Kier alpha value is -1.10. The first-order chi connectivity index (χ1) is 11.1. The van der Waals surface area contributed by atoms with E-state index in [2.05, 4.69) is 27.5 Å². The van der Waals surface area contributed by atoms with Crippen LogP contribution >= 0.6 is 35.3 Å². The summed E-state index contributed by atoms with van der Waals surface area (Å²) in [6.07, 6.45) is 4.33. The van der Waals surface area contributed by atoms with E-state index < -0.39 is 0 Å². The fourth-order valence-corrected chi connectivity index (χ4v) is 3.31. The minimum Gasteiger partial charge on any atom is -0.453 e. The molecule has 1 fully saturated rings. The van der Waals surface area contributed by atoms with Crippen LogP contribution in [-0.2, 0) is 11.2 Å². The predicted octanol–water partition coefficient (Wildman–Crippen LogP) is 2.01. The van der Waals surface area contributed by atoms with Crippen LogP contribution < -0.4 is 10.6 Å². The van der Waals surface area contributed by atoms with Gasteiger partial charge in [-0.2, -0.15) is 0 Å². The van der Waals surface area contributed by atoms with Crippen LogP contribution in [0.5, 0.6) is 0 Å². The van der Waals surface area contributed by atoms with E-state index in [1.165, 1.54) is 12.0 Å². The molecule has 2 heterocycles. The zero-order valence-corrected chi connectivity index (χ0v) is 17.5. The van der Waals surface area contributed by atoms with Gasteiger partial charge in [0.25, 0.3) is 0 Å². The molecule has 7 nitrogen and oxygen atoms in total. The Labute approximate surface area is 164 Å². The van der Waals surface area contributed by atoms with Crippen molar-refractivity contribution in [2.45, 2.75) is 32.2 Å². The molecule has 1 aromatic rings. The Morgan fingerprint density at radius 1 is 1.50 bits per heavy atom. The Morgan fingerprint density at radius 2 is 2.21 bits per heavy atom. The van der Waals surface area contributed by atoms with Crippen LogP contribution in [0.25, 0.3) is 0 Å². The number of halogens is 1. The lowest BCUT2D eigenvalue weighted by atomic mass is 10.1. The lowest BCUT2D eigenvalue weighted by Gasteiger charge is -2.32. The summed E-state index contributed by atoms with van der Waals surface area (Å²) in [5.41, 5.74) is 0. The number of rotatable bonds is 4. The monoisotopic (exact) mass is 467 g/mol. The van der Waals surface area contributed by atoms with Gasteiger partial charge in [0.2, 0.25) is 0 Å². The van der Waals surface area contributed by atoms with Gasteiger partial charge in [-0.1, -0.05) is 0 Å². The summed E-state index contributed by atoms with van der Waals surface area (Å²) in [6, 6.07) is 0.323. The summed E-state index contributed by atoms with van der Waals surface area (Å²) < 4.78 is 4.75. The number of ether oxygens (including phenoxy) is 1. The molecule has 0 unspecified atom stereocenters. The minimum absolute atomic E-state index is 0. The number of nitrogens with one attached hydrogen (secondary N) is 2. The summed E-state index contributed by atoms with van der Waals surface area (Å²) >= 11 is 1.73. The quantitative estimate of drug-likeness (QED) is 0.403. The molecular weight excluding hydrogens is 441 g/mol. The second kappa shape index (κ2) is 10.7. The molecule has 136 valence electrons. The molecule has 0 aliphatic carbocycles. The van der Waals surface area contributed by atoms with Crippen molar-refractivity contribution in [1.29, 1.82) is 0 Å². The third-order valence-electron chi connectivity index (χ3n) is 3.79. The number of hydrogen-bond donors (Lipinski definition) is 2. The number of guanidine groups is 1. The van der Waals surface area contributed by atoms with E-state index in [0.29, 0.717) is 19.1 Å². The summed E-state index contributed by atoms with van der Waals surface area (Å²) in [5, 5.41) is 7.87. The van der Waals surface area contributed by atoms with E-state index >= 15 is 0 Å². The Kier molecular flexibility index (Phi) is 9.34. The van der Waals surface area contributed by atoms with E-state index in [1.54, 1.807) is 23.3 Å². The van der Waals surface area contributed by atoms with Crippen molar-refractivity contribution < 1.29 is 9.53 Å². The van der Waals surface area contributed by atoms with Gasteiger partial charge in [-0.05, 0) is 19.8 Å². The van der Waals surface area contributed by atoms with Crippen LogP contribution in [0.1, 0.15) is 22.7 Å². The third kappa shape index (κ3) is 6.42. The van der Waals surface area contributed by atoms with Gasteiger partial charge in [0, 0.05) is 50.2 Å². The number of methoxy groups -OCH3 is 1. The second-order valence-corrected chi connectivity index (χ2v) is 6.81. The normalized spacial score (nSPS) is 15.6. The number of amides is 1. The first kappa shape index (κ1) is 20.9. The molecule has 1 amide bonds. The molecule has 0 saturated carbocycles. The number of aromatic nitrogens is 1. The lowest BCUT2D eigenvalue weighted by Crippen LogP contribution is -2.50. The molecule has 1 saturated heterocycles. The summed E-state index contributed by atoms with van der Waals surface area (Å²) in [6.45, 7) is 4.28. The van der Waals surface area contributed by atoms with Crippen molar-refractivity contribution in [3.63, 3.8) is 0 Å². The van der Waals surface area contributed by atoms with E-state index in [-0.39, 0.29) is 30.1 Å². The Bertz CT molecular complexity index is 544. The standard InChI is InChI=1S/C15H25N5O2S.HI/c1-11-10-18-13(23-11)4-7-17-14(16-2)19-12-5-8-20(9-6-12)15(21)22-3;/h10,12H,4-9H2,1-3H3,(H2,16,17,19);1H. The van der Waals surface area contributed by atoms with Crippen LogP contribution in [0, 0.1) is 6.92 Å². The molecule has 24 heavy (non-hydrogen) atoms. The van der Waals surface area contributed by atoms with E-state index in [9.17, 15) is 4.79 Å². The number of hydrogen-bond acceptors (Lipinski definition) is 5. The second-order valence-electron chi connectivity index (χ2n) is 5.49. The van der Waals surface area contributed by atoms with Gasteiger partial charge in [0.15, 0.2) is 5.96 Å². The largest absolute Gasteiger partial charge is 0.453 e. The van der Waals surface area contributed by atoms with Gasteiger partial charge in [-0.25, -0.2) is 9.78 Å². The highest BCUT2D eigenvalue weighted by atomic mass is 127. The first-order valence-corrected chi connectivity index (χ1v) is 8.65. The Morgan fingerprint density at radius 3 is 2.75 bits per heavy atom. The lowest BCUT2D eigenvalue weighted by molar-refractivity contribution is 0.111. The molecule has 0 spiro atoms. The molecule has 1 aliphatic rings. The van der Waals surface area contributed by atoms with Crippen molar-refractivity contribution >= 4 is 47.4 Å². The van der Waals surface area contributed by atoms with Gasteiger partial charge in [0.05, 0.1) is 12.1 Å². The summed E-state index contributed by atoms with van der Waals surface area (Å²) in [4.78, 5) is 23.1. The number of aliphatic imine (C=N–C) groups is 1. The van der Waals surface area contributed by atoms with Crippen LogP contribution in [0.15, 0.2) is 11.2 Å². The van der Waals surface area contributed by atoms with Gasteiger partial charge in [-0.3, -0.25) is 4.99 Å². The minimum atomic E-state index is -0.246. The number of aryl methyl sites for hydroxylation is 1. The maximum Gasteiger partial charge on any atom is 0.409 e. The van der Waals surface area contributed by atoms with Gasteiger partial charge in [0.1, 0.15) is 0 Å². The van der Waals surface area contributed by atoms with Gasteiger partial charge in [-0.15, -0.1) is 35.3 Å². The summed E-state index contributed by atoms with van der Waals surface area (Å²) in [5.74, 6) is 0.801. The van der Waals surface area contributed by atoms with E-state index in [0.717, 1.165) is 36.8 Å². The molecule has 0 bridgehead atoms. The Balaban J connectivity index is 0.00000288. The number of nitrogens with zero attached hydrogens (tertiary/aromatic N) is 3. The third-order valence-corrected chi connectivity index (χ3v) is 4.77. The predicted molar refractivity (Wildman–Crippen MR) is 107 cm³/mol. The van der Waals surface area contributed by atoms with Crippen LogP contribution in [-0.4, -0.2) is 61.8 Å². The fraction of sp³-hybridized carbons (Fsp3) is 0.667. The number of carbonyl (C=O) groups is 1. The average molecular weight is 467 g/mol. The number of thiazole rings is 1. The zero-order valence-electron chi connectivity index (χ0n) is 14.4. The topological polar surface area (TPSA) is 78.9 Å². The van der Waals surface area contributed by atoms with E-state index in [1.807, 2.05) is 6.20 Å². The van der Waals surface area contributed by atoms with Crippen molar-refractivity contribution in [2.24, 2.45) is 4.99 Å². The van der Waals surface area contributed by atoms with E-state index in [4.69, 9.17) is 4.74 Å². The van der Waals surface area contributed by atoms with Crippen molar-refractivity contribution in [2.75, 3.05) is 33.8 Å². The molecule has 0 radical (unpaired) electrons. The van der Waals surface area contributed by atoms with Gasteiger partial charge >= 0.3 is 6.09 Å². The van der Waals surface area contributed by atoms with Crippen LogP contribution in [0.4, 0.5) is 4.79 Å². The highest BCUT2D eigenvalue weighted by Crippen LogP contribution is 2.12. The maximum absolute atomic E-state index is 11.5. The van der Waals surface area contributed by atoms with Crippen molar-refractivity contribution in [1.82, 2.24) is 20.5 Å². The highest BCUT2D eigenvalue weighted by Gasteiger charge is 2.23. The van der Waals surface area contributed by atoms with Crippen molar-refractivity contribution in [3.8, 4) is 0 Å².